The van der Waals surface area contributed by atoms with E-state index in [0.29, 0.717) is 0 Å². The minimum absolute atomic E-state index is 0.0566. The van der Waals surface area contributed by atoms with E-state index in [4.69, 9.17) is 0 Å². The van der Waals surface area contributed by atoms with Crippen LogP contribution in [0.25, 0.3) is 0 Å². The zero-order chi connectivity index (χ0) is 13.9. The van der Waals surface area contributed by atoms with Crippen molar-refractivity contribution in [1.29, 1.82) is 0 Å². The Morgan fingerprint density at radius 2 is 1.83 bits per heavy atom. The molecule has 0 fully saturated rings. The van der Waals surface area contributed by atoms with Gasteiger partial charge in [-0.2, -0.15) is 0 Å². The van der Waals surface area contributed by atoms with Gasteiger partial charge >= 0.3 is 5.69 Å². The van der Waals surface area contributed by atoms with Crippen molar-refractivity contribution in [3.63, 3.8) is 0 Å². The number of nitrogens with one attached hydrogen (secondary N) is 2. The summed E-state index contributed by atoms with van der Waals surface area (Å²) in [4.78, 5) is 18.6. The first kappa shape index (κ1) is 14.1. The molecule has 0 aliphatic carbocycles. The summed E-state index contributed by atoms with van der Waals surface area (Å²) in [5.41, 5.74) is -0.435. The van der Waals surface area contributed by atoms with E-state index in [1.807, 2.05) is 34.6 Å². The SMILES string of the molecule is CC(C)Nc1ncnc(NC(C)(C)C)c1[N+](=O)[O-]. The van der Waals surface area contributed by atoms with Gasteiger partial charge in [0.25, 0.3) is 0 Å². The molecule has 7 nitrogen and oxygen atoms in total. The van der Waals surface area contributed by atoms with Crippen molar-refractivity contribution in [1.82, 2.24) is 9.97 Å². The Morgan fingerprint density at radius 1 is 1.28 bits per heavy atom. The van der Waals surface area contributed by atoms with Crippen molar-refractivity contribution in [2.45, 2.75) is 46.2 Å². The van der Waals surface area contributed by atoms with Crippen LogP contribution in [0.5, 0.6) is 0 Å². The maximum absolute atomic E-state index is 11.2. The fraction of sp³-hybridized carbons (Fsp3) is 0.636. The first-order valence-corrected chi connectivity index (χ1v) is 5.75. The molecule has 0 saturated heterocycles. The highest BCUT2D eigenvalue weighted by Crippen LogP contribution is 2.30. The molecular formula is C11H19N5O2. The molecule has 7 heteroatoms. The monoisotopic (exact) mass is 253 g/mol. The quantitative estimate of drug-likeness (QED) is 0.632. The fourth-order valence-corrected chi connectivity index (χ4v) is 1.38. The van der Waals surface area contributed by atoms with Crippen LogP contribution < -0.4 is 10.6 Å². The highest BCUT2D eigenvalue weighted by atomic mass is 16.6. The Morgan fingerprint density at radius 3 is 2.28 bits per heavy atom. The molecule has 1 aromatic rings. The van der Waals surface area contributed by atoms with Gasteiger partial charge in [0.1, 0.15) is 6.33 Å². The number of hydrogen-bond acceptors (Lipinski definition) is 6. The van der Waals surface area contributed by atoms with Crippen LogP contribution in [-0.4, -0.2) is 26.5 Å². The smallest absolute Gasteiger partial charge is 0.353 e. The topological polar surface area (TPSA) is 93.0 Å². The van der Waals surface area contributed by atoms with Gasteiger partial charge in [-0.25, -0.2) is 9.97 Å². The number of hydrogen-bond donors (Lipinski definition) is 2. The Labute approximate surface area is 106 Å². The average molecular weight is 253 g/mol. The molecule has 1 heterocycles. The van der Waals surface area contributed by atoms with E-state index in [-0.39, 0.29) is 28.9 Å². The summed E-state index contributed by atoms with van der Waals surface area (Å²) in [7, 11) is 0. The van der Waals surface area contributed by atoms with Crippen LogP contribution >= 0.6 is 0 Å². The van der Waals surface area contributed by atoms with Gasteiger partial charge in [-0.1, -0.05) is 0 Å². The summed E-state index contributed by atoms with van der Waals surface area (Å²) in [6, 6.07) is 0.0566. The molecule has 100 valence electrons. The average Bonchev–Trinajstić information content (AvgIpc) is 2.13. The summed E-state index contributed by atoms with van der Waals surface area (Å²) in [5, 5.41) is 17.1. The third-order valence-electron chi connectivity index (χ3n) is 1.92. The number of rotatable bonds is 4. The molecule has 0 aliphatic heterocycles. The molecule has 0 atom stereocenters. The number of aromatic nitrogens is 2. The predicted octanol–water partition coefficient (Wildman–Crippen LogP) is 2.42. The van der Waals surface area contributed by atoms with Crippen LogP contribution in [0.3, 0.4) is 0 Å². The Hall–Kier alpha value is -1.92. The lowest BCUT2D eigenvalue weighted by Gasteiger charge is -2.21. The molecular weight excluding hydrogens is 234 g/mol. The maximum atomic E-state index is 11.2. The zero-order valence-corrected chi connectivity index (χ0v) is 11.3. The van der Waals surface area contributed by atoms with Gasteiger partial charge in [-0.3, -0.25) is 10.1 Å². The van der Waals surface area contributed by atoms with Crippen LogP contribution in [0.15, 0.2) is 6.33 Å². The largest absolute Gasteiger partial charge is 0.362 e. The Bertz CT molecular complexity index is 440. The second kappa shape index (κ2) is 5.16. The van der Waals surface area contributed by atoms with Crippen LogP contribution in [0.1, 0.15) is 34.6 Å². The first-order valence-electron chi connectivity index (χ1n) is 5.75. The van der Waals surface area contributed by atoms with E-state index in [0.717, 1.165) is 0 Å². The highest BCUT2D eigenvalue weighted by Gasteiger charge is 2.25. The number of nitro groups is 1. The van der Waals surface area contributed by atoms with Crippen molar-refractivity contribution >= 4 is 17.3 Å². The van der Waals surface area contributed by atoms with Crippen molar-refractivity contribution in [2.24, 2.45) is 0 Å². The minimum atomic E-state index is -0.473. The van der Waals surface area contributed by atoms with Crippen molar-refractivity contribution in [3.8, 4) is 0 Å². The van der Waals surface area contributed by atoms with E-state index in [9.17, 15) is 10.1 Å². The molecule has 1 aromatic heterocycles. The fourth-order valence-electron chi connectivity index (χ4n) is 1.38. The van der Waals surface area contributed by atoms with Gasteiger partial charge in [0, 0.05) is 11.6 Å². The molecule has 0 aromatic carbocycles. The summed E-state index contributed by atoms with van der Waals surface area (Å²) in [6.07, 6.45) is 1.31. The molecule has 0 saturated carbocycles. The van der Waals surface area contributed by atoms with E-state index >= 15 is 0 Å². The van der Waals surface area contributed by atoms with Crippen molar-refractivity contribution in [2.75, 3.05) is 10.6 Å². The number of anilines is 2. The van der Waals surface area contributed by atoms with Crippen molar-refractivity contribution < 1.29 is 4.92 Å². The lowest BCUT2D eigenvalue weighted by molar-refractivity contribution is -0.383. The molecule has 0 radical (unpaired) electrons. The van der Waals surface area contributed by atoms with Crippen LogP contribution in [-0.2, 0) is 0 Å². The Kier molecular flexibility index (Phi) is 4.05. The van der Waals surface area contributed by atoms with Gasteiger partial charge in [-0.15, -0.1) is 0 Å². The molecule has 0 amide bonds. The third kappa shape index (κ3) is 3.83. The molecule has 18 heavy (non-hydrogen) atoms. The standard InChI is InChI=1S/C11H19N5O2/c1-7(2)14-9-8(16(17)18)10(13-6-12-9)15-11(3,4)5/h6-7H,1-5H3,(H2,12,13,14,15). The highest BCUT2D eigenvalue weighted by molar-refractivity contribution is 5.69. The Balaban J connectivity index is 3.22. The second-order valence-corrected chi connectivity index (χ2v) is 5.35. The maximum Gasteiger partial charge on any atom is 0.353 e. The van der Waals surface area contributed by atoms with Crippen molar-refractivity contribution in [3.05, 3.63) is 16.4 Å². The zero-order valence-electron chi connectivity index (χ0n) is 11.3. The van der Waals surface area contributed by atoms with Crippen LogP contribution in [0.2, 0.25) is 0 Å². The van der Waals surface area contributed by atoms with Gasteiger partial charge in [0.2, 0.25) is 11.6 Å². The second-order valence-electron chi connectivity index (χ2n) is 5.35. The summed E-state index contributed by atoms with van der Waals surface area (Å²) in [6.45, 7) is 9.52. The summed E-state index contributed by atoms with van der Waals surface area (Å²) in [5.74, 6) is 0.461. The van der Waals surface area contributed by atoms with Gasteiger partial charge in [0.05, 0.1) is 4.92 Å². The molecule has 0 bridgehead atoms. The summed E-state index contributed by atoms with van der Waals surface area (Å²) >= 11 is 0. The summed E-state index contributed by atoms with van der Waals surface area (Å²) < 4.78 is 0. The number of nitrogens with zero attached hydrogens (tertiary/aromatic N) is 3. The molecule has 0 aliphatic rings. The predicted molar refractivity (Wildman–Crippen MR) is 70.8 cm³/mol. The van der Waals surface area contributed by atoms with E-state index in [2.05, 4.69) is 20.6 Å². The molecule has 0 unspecified atom stereocenters. The molecule has 2 N–H and O–H groups in total. The van der Waals surface area contributed by atoms with Gasteiger partial charge in [0.15, 0.2) is 0 Å². The normalized spacial score (nSPS) is 11.4. The van der Waals surface area contributed by atoms with Gasteiger partial charge < -0.3 is 10.6 Å². The minimum Gasteiger partial charge on any atom is -0.362 e. The van der Waals surface area contributed by atoms with E-state index in [1.54, 1.807) is 0 Å². The van der Waals surface area contributed by atoms with E-state index in [1.165, 1.54) is 6.33 Å². The lowest BCUT2D eigenvalue weighted by Crippen LogP contribution is -2.27. The lowest BCUT2D eigenvalue weighted by atomic mass is 10.1. The molecule has 1 rings (SSSR count). The molecule has 0 spiro atoms. The van der Waals surface area contributed by atoms with Crippen LogP contribution in [0.4, 0.5) is 17.3 Å². The van der Waals surface area contributed by atoms with Crippen LogP contribution in [0, 0.1) is 10.1 Å². The first-order chi connectivity index (χ1) is 8.20. The van der Waals surface area contributed by atoms with E-state index < -0.39 is 4.92 Å². The van der Waals surface area contributed by atoms with Gasteiger partial charge in [-0.05, 0) is 34.6 Å². The third-order valence-corrected chi connectivity index (χ3v) is 1.92.